The standard InChI is InChI=1S/C24H28Cl2N2O2S/c1-4-12-28(22(16-30-14-13-29-3)18-8-6-5-7-9-18)24-27-23(17(2)31-24)20-11-10-19(25)15-21(20)26/h5-11,15,22H,4,12-14,16H2,1-3H3. The highest BCUT2D eigenvalue weighted by molar-refractivity contribution is 7.16. The monoisotopic (exact) mass is 478 g/mol. The third kappa shape index (κ3) is 6.21. The molecule has 0 amide bonds. The first-order valence-electron chi connectivity index (χ1n) is 10.4. The molecule has 0 spiro atoms. The first-order valence-corrected chi connectivity index (χ1v) is 11.9. The molecular weight excluding hydrogens is 451 g/mol. The summed E-state index contributed by atoms with van der Waals surface area (Å²) in [5, 5.41) is 2.19. The Morgan fingerprint density at radius 3 is 2.55 bits per heavy atom. The fourth-order valence-electron chi connectivity index (χ4n) is 3.44. The van der Waals surface area contributed by atoms with Gasteiger partial charge in [0, 0.05) is 29.1 Å². The SMILES string of the molecule is CCCN(c1nc(-c2ccc(Cl)cc2Cl)c(C)s1)C(COCCOC)c1ccccc1. The number of hydrogen-bond donors (Lipinski definition) is 0. The van der Waals surface area contributed by atoms with Crippen molar-refractivity contribution in [1.29, 1.82) is 0 Å². The quantitative estimate of drug-likeness (QED) is 0.276. The zero-order chi connectivity index (χ0) is 22.2. The summed E-state index contributed by atoms with van der Waals surface area (Å²) in [7, 11) is 1.68. The number of ether oxygens (including phenoxy) is 2. The molecular formula is C24H28Cl2N2O2S. The van der Waals surface area contributed by atoms with E-state index in [2.05, 4.69) is 43.0 Å². The average molecular weight is 479 g/mol. The van der Waals surface area contributed by atoms with Crippen LogP contribution in [0.4, 0.5) is 5.13 Å². The number of aryl methyl sites for hydroxylation is 1. The molecule has 1 heterocycles. The van der Waals surface area contributed by atoms with Crippen molar-refractivity contribution in [3.63, 3.8) is 0 Å². The molecule has 0 N–H and O–H groups in total. The second-order valence-corrected chi connectivity index (χ2v) is 9.24. The molecule has 1 unspecified atom stereocenters. The Hall–Kier alpha value is -1.63. The fraction of sp³-hybridized carbons (Fsp3) is 0.375. The number of aromatic nitrogens is 1. The van der Waals surface area contributed by atoms with Crippen molar-refractivity contribution in [1.82, 2.24) is 4.98 Å². The van der Waals surface area contributed by atoms with E-state index in [-0.39, 0.29) is 6.04 Å². The molecule has 3 rings (SSSR count). The van der Waals surface area contributed by atoms with Gasteiger partial charge in [-0.2, -0.15) is 0 Å². The Bertz CT molecular complexity index is 965. The van der Waals surface area contributed by atoms with Gasteiger partial charge in [0.15, 0.2) is 5.13 Å². The average Bonchev–Trinajstić information content (AvgIpc) is 3.14. The van der Waals surface area contributed by atoms with Crippen molar-refractivity contribution in [2.75, 3.05) is 38.4 Å². The Kier molecular flexibility index (Phi) is 9.17. The van der Waals surface area contributed by atoms with Crippen LogP contribution in [0.5, 0.6) is 0 Å². The van der Waals surface area contributed by atoms with E-state index in [9.17, 15) is 0 Å². The van der Waals surface area contributed by atoms with Crippen LogP contribution in [0.3, 0.4) is 0 Å². The van der Waals surface area contributed by atoms with E-state index in [1.165, 1.54) is 5.56 Å². The van der Waals surface area contributed by atoms with Crippen LogP contribution in [0.25, 0.3) is 11.3 Å². The first kappa shape index (κ1) is 24.0. The van der Waals surface area contributed by atoms with Gasteiger partial charge in [-0.15, -0.1) is 11.3 Å². The van der Waals surface area contributed by atoms with E-state index in [0.29, 0.717) is 29.9 Å². The highest BCUT2D eigenvalue weighted by atomic mass is 35.5. The van der Waals surface area contributed by atoms with Crippen LogP contribution in [-0.2, 0) is 9.47 Å². The van der Waals surface area contributed by atoms with Crippen molar-refractivity contribution in [2.45, 2.75) is 26.3 Å². The summed E-state index contributed by atoms with van der Waals surface area (Å²) in [5.74, 6) is 0. The largest absolute Gasteiger partial charge is 0.382 e. The summed E-state index contributed by atoms with van der Waals surface area (Å²) in [6.07, 6.45) is 0.997. The van der Waals surface area contributed by atoms with Crippen LogP contribution in [0.15, 0.2) is 48.5 Å². The summed E-state index contributed by atoms with van der Waals surface area (Å²) < 4.78 is 11.1. The second kappa shape index (κ2) is 11.8. The minimum Gasteiger partial charge on any atom is -0.382 e. The highest BCUT2D eigenvalue weighted by Crippen LogP contribution is 2.39. The van der Waals surface area contributed by atoms with Crippen LogP contribution >= 0.6 is 34.5 Å². The lowest BCUT2D eigenvalue weighted by Crippen LogP contribution is -2.33. The molecule has 0 aliphatic heterocycles. The molecule has 0 saturated heterocycles. The number of hydrogen-bond acceptors (Lipinski definition) is 5. The molecule has 2 aromatic carbocycles. The number of rotatable bonds is 11. The van der Waals surface area contributed by atoms with Crippen molar-refractivity contribution in [2.24, 2.45) is 0 Å². The number of nitrogens with zero attached hydrogens (tertiary/aromatic N) is 2. The smallest absolute Gasteiger partial charge is 0.186 e. The Morgan fingerprint density at radius 1 is 1.10 bits per heavy atom. The van der Waals surface area contributed by atoms with Gasteiger partial charge in [0.25, 0.3) is 0 Å². The van der Waals surface area contributed by atoms with E-state index < -0.39 is 0 Å². The summed E-state index contributed by atoms with van der Waals surface area (Å²) in [6, 6.07) is 16.0. The number of halogens is 2. The van der Waals surface area contributed by atoms with Gasteiger partial charge >= 0.3 is 0 Å². The topological polar surface area (TPSA) is 34.6 Å². The maximum atomic E-state index is 6.48. The van der Waals surface area contributed by atoms with Gasteiger partial charge in [-0.25, -0.2) is 4.98 Å². The van der Waals surface area contributed by atoms with Gasteiger partial charge in [-0.05, 0) is 37.1 Å². The maximum Gasteiger partial charge on any atom is 0.186 e. The number of thiazole rings is 1. The summed E-state index contributed by atoms with van der Waals surface area (Å²) in [4.78, 5) is 8.48. The van der Waals surface area contributed by atoms with Gasteiger partial charge in [-0.3, -0.25) is 0 Å². The predicted octanol–water partition coefficient (Wildman–Crippen LogP) is 7.05. The van der Waals surface area contributed by atoms with Gasteiger partial charge in [0.05, 0.1) is 36.6 Å². The van der Waals surface area contributed by atoms with Gasteiger partial charge in [0.2, 0.25) is 0 Å². The first-order chi connectivity index (χ1) is 15.0. The van der Waals surface area contributed by atoms with E-state index in [1.54, 1.807) is 24.5 Å². The lowest BCUT2D eigenvalue weighted by atomic mass is 10.1. The van der Waals surface area contributed by atoms with Crippen molar-refractivity contribution in [3.05, 3.63) is 69.0 Å². The van der Waals surface area contributed by atoms with E-state index in [0.717, 1.165) is 34.2 Å². The highest BCUT2D eigenvalue weighted by Gasteiger charge is 2.25. The van der Waals surface area contributed by atoms with E-state index in [4.69, 9.17) is 37.7 Å². The Labute approximate surface area is 198 Å². The summed E-state index contributed by atoms with van der Waals surface area (Å²) in [5.41, 5.74) is 3.00. The molecule has 0 bridgehead atoms. The van der Waals surface area contributed by atoms with Crippen LogP contribution in [0, 0.1) is 6.92 Å². The molecule has 3 aromatic rings. The predicted molar refractivity (Wildman–Crippen MR) is 132 cm³/mol. The third-order valence-electron chi connectivity index (χ3n) is 4.95. The minimum absolute atomic E-state index is 0.0529. The Morgan fingerprint density at radius 2 is 1.87 bits per heavy atom. The maximum absolute atomic E-state index is 6.48. The van der Waals surface area contributed by atoms with Gasteiger partial charge < -0.3 is 14.4 Å². The van der Waals surface area contributed by atoms with Crippen LogP contribution in [0.2, 0.25) is 10.0 Å². The van der Waals surface area contributed by atoms with Gasteiger partial charge in [0.1, 0.15) is 0 Å². The van der Waals surface area contributed by atoms with Crippen LogP contribution < -0.4 is 4.90 Å². The molecule has 7 heteroatoms. The molecule has 4 nitrogen and oxygen atoms in total. The lowest BCUT2D eigenvalue weighted by molar-refractivity contribution is 0.0623. The zero-order valence-electron chi connectivity index (χ0n) is 18.1. The van der Waals surface area contributed by atoms with E-state index in [1.807, 2.05) is 18.2 Å². The minimum atomic E-state index is 0.0529. The van der Waals surface area contributed by atoms with Crippen LogP contribution in [0.1, 0.15) is 29.8 Å². The third-order valence-corrected chi connectivity index (χ3v) is 6.51. The Balaban J connectivity index is 1.96. The van der Waals surface area contributed by atoms with Crippen LogP contribution in [-0.4, -0.2) is 38.5 Å². The molecule has 1 aromatic heterocycles. The van der Waals surface area contributed by atoms with Crippen molar-refractivity contribution in [3.8, 4) is 11.3 Å². The van der Waals surface area contributed by atoms with E-state index >= 15 is 0 Å². The second-order valence-electron chi connectivity index (χ2n) is 7.21. The number of methoxy groups -OCH3 is 1. The van der Waals surface area contributed by atoms with Gasteiger partial charge in [-0.1, -0.05) is 60.5 Å². The molecule has 0 radical (unpaired) electrons. The number of benzene rings is 2. The molecule has 0 fully saturated rings. The summed E-state index contributed by atoms with van der Waals surface area (Å²) in [6.45, 7) is 6.82. The molecule has 0 aliphatic rings. The normalized spacial score (nSPS) is 12.2. The molecule has 166 valence electrons. The zero-order valence-corrected chi connectivity index (χ0v) is 20.4. The molecule has 31 heavy (non-hydrogen) atoms. The fourth-order valence-corrected chi connectivity index (χ4v) is 4.94. The lowest BCUT2D eigenvalue weighted by Gasteiger charge is -2.31. The molecule has 0 saturated carbocycles. The number of anilines is 1. The van der Waals surface area contributed by atoms with Crippen molar-refractivity contribution < 1.29 is 9.47 Å². The molecule has 1 atom stereocenters. The molecule has 0 aliphatic carbocycles. The van der Waals surface area contributed by atoms with Crippen molar-refractivity contribution >= 4 is 39.7 Å². The summed E-state index contributed by atoms with van der Waals surface area (Å²) >= 11 is 14.2.